The number of aromatic hydroxyl groups is 1. The predicted octanol–water partition coefficient (Wildman–Crippen LogP) is 7.73. The normalized spacial score (nSPS) is 26.1. The second kappa shape index (κ2) is 22.7. The van der Waals surface area contributed by atoms with Gasteiger partial charge in [0.1, 0.15) is 17.7 Å². The number of nitrogen functional groups attached to an aromatic ring is 1. The molecule has 5 aromatic rings. The van der Waals surface area contributed by atoms with Crippen LogP contribution >= 0.6 is 11.3 Å². The number of hydrogen-bond donors (Lipinski definition) is 4. The Morgan fingerprint density at radius 2 is 1.60 bits per heavy atom. The van der Waals surface area contributed by atoms with Crippen molar-refractivity contribution in [1.29, 1.82) is 0 Å². The van der Waals surface area contributed by atoms with E-state index in [-0.39, 0.29) is 48.1 Å². The fourth-order valence-electron chi connectivity index (χ4n) is 16.0. The number of rotatable bonds is 15. The fraction of sp³-hybridized carbons (Fsp3) is 0.619. The predicted molar refractivity (Wildman–Crippen MR) is 317 cm³/mol. The van der Waals surface area contributed by atoms with Gasteiger partial charge in [0.05, 0.1) is 51.8 Å². The first-order valence-electron chi connectivity index (χ1n) is 30.7. The van der Waals surface area contributed by atoms with Crippen molar-refractivity contribution in [2.45, 2.75) is 146 Å². The van der Waals surface area contributed by atoms with E-state index in [0.29, 0.717) is 58.2 Å². The van der Waals surface area contributed by atoms with Gasteiger partial charge in [0.25, 0.3) is 0 Å². The number of phenols is 1. The van der Waals surface area contributed by atoms with Gasteiger partial charge in [-0.05, 0) is 144 Å². The Kier molecular flexibility index (Phi) is 15.4. The number of anilines is 3. The zero-order valence-electron chi connectivity index (χ0n) is 48.4. The van der Waals surface area contributed by atoms with Gasteiger partial charge in [-0.3, -0.25) is 19.4 Å². The summed E-state index contributed by atoms with van der Waals surface area (Å²) in [5, 5.41) is 37.6. The summed E-state index contributed by atoms with van der Waals surface area (Å²) in [6.45, 7) is 19.4. The maximum absolute atomic E-state index is 14.4. The summed E-state index contributed by atoms with van der Waals surface area (Å²) in [6.07, 6.45) is 11.6. The number of phenolic OH excluding ortho intramolecular Hbond substituents is 1. The molecule has 8 fully saturated rings. The number of ether oxygens (including phenoxy) is 1. The second-order valence-electron chi connectivity index (χ2n) is 26.4. The number of carbonyl (C=O) groups is 2. The zero-order valence-corrected chi connectivity index (χ0v) is 49.2. The third-order valence-electron chi connectivity index (χ3n) is 20.6. The summed E-state index contributed by atoms with van der Waals surface area (Å²) in [6, 6.07) is 20.0. The highest BCUT2D eigenvalue weighted by molar-refractivity contribution is 7.13. The van der Waals surface area contributed by atoms with Crippen LogP contribution in [-0.4, -0.2) is 176 Å². The number of thiazole rings is 1. The Morgan fingerprint density at radius 1 is 0.854 bits per heavy atom. The number of nitrogens with zero attached hydrogens (tertiary/aromatic N) is 10. The summed E-state index contributed by atoms with van der Waals surface area (Å²) in [4.78, 5) is 48.4. The molecule has 0 radical (unpaired) electrons. The van der Waals surface area contributed by atoms with E-state index in [1.54, 1.807) is 22.3 Å². The van der Waals surface area contributed by atoms with E-state index in [9.17, 15) is 19.8 Å². The summed E-state index contributed by atoms with van der Waals surface area (Å²) in [5.74, 6) is 1.99. The Morgan fingerprint density at radius 3 is 2.30 bits per heavy atom. The molecule has 2 bridgehead atoms. The van der Waals surface area contributed by atoms with E-state index in [0.717, 1.165) is 105 Å². The number of piperidine rings is 2. The minimum Gasteiger partial charge on any atom is -0.507 e. The van der Waals surface area contributed by atoms with Crippen molar-refractivity contribution in [1.82, 2.24) is 45.3 Å². The number of nitrogens with two attached hydrogens (primary N) is 1. The topological polar surface area (TPSA) is 206 Å². The smallest absolute Gasteiger partial charge is 0.243 e. The van der Waals surface area contributed by atoms with Crippen LogP contribution in [0, 0.1) is 30.1 Å². The molecule has 82 heavy (non-hydrogen) atoms. The van der Waals surface area contributed by atoms with Gasteiger partial charge in [-0.2, -0.15) is 0 Å². The lowest BCUT2D eigenvalue weighted by atomic mass is 9.59. The molecule has 5 N–H and O–H groups in total. The molecule has 2 spiro atoms. The van der Waals surface area contributed by atoms with Gasteiger partial charge in [-0.15, -0.1) is 21.5 Å². The van der Waals surface area contributed by atoms with Crippen LogP contribution in [0.1, 0.15) is 120 Å². The van der Waals surface area contributed by atoms with E-state index < -0.39 is 18.1 Å². The van der Waals surface area contributed by atoms with Gasteiger partial charge < -0.3 is 50.1 Å². The number of nitrogens with one attached hydrogen (secondary N) is 1. The largest absolute Gasteiger partial charge is 0.507 e. The number of aliphatic hydroxyl groups is 1. The summed E-state index contributed by atoms with van der Waals surface area (Å²) in [5.41, 5.74) is 14.1. The van der Waals surface area contributed by atoms with Gasteiger partial charge in [0, 0.05) is 95.1 Å². The maximum atomic E-state index is 14.4. The van der Waals surface area contributed by atoms with E-state index in [1.807, 2.05) is 75.7 Å². The first-order chi connectivity index (χ1) is 39.7. The third kappa shape index (κ3) is 11.0. The van der Waals surface area contributed by atoms with E-state index >= 15 is 0 Å². The molecule has 13 rings (SSSR count). The first-order valence-corrected chi connectivity index (χ1v) is 31.6. The van der Waals surface area contributed by atoms with Gasteiger partial charge in [0.15, 0.2) is 17.4 Å². The summed E-state index contributed by atoms with van der Waals surface area (Å²) in [7, 11) is 0. The van der Waals surface area contributed by atoms with Crippen LogP contribution in [0.15, 0.2) is 70.7 Å². The molecule has 3 aromatic heterocycles. The number of likely N-dealkylation sites (tertiary alicyclic amines) is 2. The third-order valence-corrected chi connectivity index (χ3v) is 21.6. The van der Waals surface area contributed by atoms with Crippen molar-refractivity contribution < 1.29 is 29.1 Å². The zero-order chi connectivity index (χ0) is 56.4. The molecule has 438 valence electrons. The lowest BCUT2D eigenvalue weighted by Gasteiger charge is -2.60. The van der Waals surface area contributed by atoms with Crippen LogP contribution in [0.25, 0.3) is 21.7 Å². The van der Waals surface area contributed by atoms with E-state index in [4.69, 9.17) is 15.0 Å². The van der Waals surface area contributed by atoms with E-state index in [1.165, 1.54) is 64.5 Å². The molecule has 19 heteroatoms. The highest BCUT2D eigenvalue weighted by Gasteiger charge is 2.55. The number of aromatic nitrogens is 4. The van der Waals surface area contributed by atoms with E-state index in [2.05, 4.69) is 62.3 Å². The van der Waals surface area contributed by atoms with Crippen molar-refractivity contribution in [3.63, 3.8) is 0 Å². The van der Waals surface area contributed by atoms with Crippen LogP contribution in [0.5, 0.6) is 5.75 Å². The quantitative estimate of drug-likeness (QED) is 0.0792. The van der Waals surface area contributed by atoms with Crippen molar-refractivity contribution in [2.24, 2.45) is 23.2 Å². The van der Waals surface area contributed by atoms with Crippen molar-refractivity contribution in [2.75, 3.05) is 94.1 Å². The Balaban J connectivity index is 0.536. The van der Waals surface area contributed by atoms with Gasteiger partial charge >= 0.3 is 0 Å². The molecule has 18 nitrogen and oxygen atoms in total. The minimum atomic E-state index is -0.792. The van der Waals surface area contributed by atoms with Crippen LogP contribution in [0.2, 0.25) is 0 Å². The number of β-amino-alcohol motifs (C(OH)–C–C–N with tert-alkyl or cyclic N) is 1. The Labute approximate surface area is 486 Å². The summed E-state index contributed by atoms with van der Waals surface area (Å²) >= 11 is 1.61. The maximum Gasteiger partial charge on any atom is 0.243 e. The number of fused-ring (bicyclic) bond motifs is 2. The highest BCUT2D eigenvalue weighted by atomic mass is 32.1. The van der Waals surface area contributed by atoms with Crippen molar-refractivity contribution in [3.8, 4) is 27.4 Å². The second-order valence-corrected chi connectivity index (χ2v) is 27.3. The van der Waals surface area contributed by atoms with Crippen LogP contribution in [0.4, 0.5) is 17.3 Å². The molecule has 2 saturated carbocycles. The number of piperazine rings is 1. The molecule has 9 heterocycles. The lowest BCUT2D eigenvalue weighted by Crippen LogP contribution is -2.65. The minimum absolute atomic E-state index is 0.0223. The average Bonchev–Trinajstić information content (AvgIpc) is 4.08. The molecule has 2 aliphatic carbocycles. The SMILES string of the molecule is Cc1ncsc1-c1ccc([C@H](C)NC(=O)[C@@H]2C[C@@H](O)CN2C(=O)[C@@H](c2cc(N3CCC(CN4CCC5(CC4)CC(N4CCOC6(CC(CN7C8CCC7CN(c7cc(-c9ccccc9O)nnc7N)C8)C6)C4)C5)CC3)no2)C(C)C)cc1. The Hall–Kier alpha value is -5.70. The molecule has 6 atom stereocenters. The number of aliphatic hydroxyl groups excluding tert-OH is 1. The fourth-order valence-corrected chi connectivity index (χ4v) is 16.8. The molecule has 6 saturated heterocycles. The molecule has 6 aliphatic heterocycles. The van der Waals surface area contributed by atoms with Gasteiger partial charge in [0.2, 0.25) is 11.8 Å². The highest BCUT2D eigenvalue weighted by Crippen LogP contribution is 2.53. The molecule has 2 amide bonds. The molecular weight excluding hydrogens is 1050 g/mol. The number of morpholine rings is 1. The van der Waals surface area contributed by atoms with Crippen LogP contribution in [0.3, 0.4) is 0 Å². The average molecular weight is 1140 g/mol. The van der Waals surface area contributed by atoms with Crippen molar-refractivity contribution >= 4 is 40.5 Å². The molecule has 2 aromatic carbocycles. The van der Waals surface area contributed by atoms with Crippen LogP contribution < -0.4 is 20.9 Å². The Bertz CT molecular complexity index is 3050. The number of amides is 2. The number of aryl methyl sites for hydroxylation is 1. The van der Waals surface area contributed by atoms with Crippen LogP contribution in [-0.2, 0) is 14.3 Å². The summed E-state index contributed by atoms with van der Waals surface area (Å²) < 4.78 is 12.7. The molecule has 2 unspecified atom stereocenters. The number of para-hydroxylation sites is 1. The first kappa shape index (κ1) is 55.5. The lowest BCUT2D eigenvalue weighted by molar-refractivity contribution is -0.196. The molecule has 8 aliphatic rings. The van der Waals surface area contributed by atoms with Gasteiger partial charge in [-0.25, -0.2) is 4.98 Å². The monoisotopic (exact) mass is 1140 g/mol. The molecular formula is C63H84N12O6S. The number of benzene rings is 2. The number of hydrogen-bond acceptors (Lipinski definition) is 17. The standard InChI is InChI=1S/C63H84N12O6S/c1-39(2)57(61(79)75-36-49(76)25-53(75)60(78)66-40(3)44-9-11-45(12-10-44)58-41(4)65-38-82-58)55-27-56(69-81-55)71-19-15-42(16-20-71)32-70-21-17-62(18-22-70)30-48(31-62)72-23-24-80-63(37-72)28-43(29-63)33-74-46-13-14-47(74)35-73(34-46)52-26-51(67-68-59(52)64)50-7-5-6-8-54(50)77/h5-12,26-27,38-40,42-43,46-49,53,57,76-77H,13-25,28-37H2,1-4H3,(H2,64,68)(H,66,78)/t40-,43?,46?,47?,49+,53-,57+,63?/m0/s1. The van der Waals surface area contributed by atoms with Crippen molar-refractivity contribution in [3.05, 3.63) is 83.2 Å². The van der Waals surface area contributed by atoms with Gasteiger partial charge in [-0.1, -0.05) is 55.4 Å². The number of carbonyl (C=O) groups excluding carboxylic acids is 2.